The fourth-order valence-corrected chi connectivity index (χ4v) is 3.67. The molecule has 38 heavy (non-hydrogen) atoms. The van der Waals surface area contributed by atoms with Gasteiger partial charge in [-0.25, -0.2) is 33.4 Å². The zero-order valence-electron chi connectivity index (χ0n) is 20.6. The van der Waals surface area contributed by atoms with Gasteiger partial charge in [0.25, 0.3) is 5.91 Å². The molecule has 0 bridgehead atoms. The van der Waals surface area contributed by atoms with Gasteiger partial charge in [-0.05, 0) is 38.5 Å². The molecule has 1 amide bonds. The summed E-state index contributed by atoms with van der Waals surface area (Å²) >= 11 is 0. The van der Waals surface area contributed by atoms with Gasteiger partial charge in [0.1, 0.15) is 5.82 Å². The van der Waals surface area contributed by atoms with Crippen LogP contribution in [0.5, 0.6) is 0 Å². The number of H-pyrrole nitrogens is 1. The van der Waals surface area contributed by atoms with Crippen molar-refractivity contribution >= 4 is 17.5 Å². The molecule has 0 aliphatic carbocycles. The number of pyridine rings is 2. The second kappa shape index (κ2) is 10.1. The number of hydrogen-bond donors (Lipinski definition) is 3. The van der Waals surface area contributed by atoms with Crippen LogP contribution >= 0.6 is 0 Å². The third-order valence-electron chi connectivity index (χ3n) is 5.53. The van der Waals surface area contributed by atoms with Crippen molar-refractivity contribution in [1.29, 1.82) is 0 Å². The lowest BCUT2D eigenvalue weighted by Crippen LogP contribution is -2.28. The lowest BCUT2D eigenvalue weighted by Gasteiger charge is -2.14. The Morgan fingerprint density at radius 2 is 1.87 bits per heavy atom. The molecule has 5 heterocycles. The summed E-state index contributed by atoms with van der Waals surface area (Å²) in [6.07, 6.45) is 5.15. The third-order valence-corrected chi connectivity index (χ3v) is 5.53. The second-order valence-corrected chi connectivity index (χ2v) is 8.58. The van der Waals surface area contributed by atoms with Crippen LogP contribution in [0, 0.1) is 25.5 Å². The largest absolute Gasteiger partial charge is 0.344 e. The minimum absolute atomic E-state index is 0.245. The van der Waals surface area contributed by atoms with Crippen molar-refractivity contribution in [2.45, 2.75) is 26.8 Å². The number of nitrogens with zero attached hydrogens (tertiary/aromatic N) is 7. The number of anilines is 2. The highest BCUT2D eigenvalue weighted by Crippen LogP contribution is 2.22. The summed E-state index contributed by atoms with van der Waals surface area (Å²) in [5.74, 6) is -0.271. The molecule has 0 aliphatic rings. The first-order valence-electron chi connectivity index (χ1n) is 11.5. The van der Waals surface area contributed by atoms with Crippen LogP contribution in [-0.4, -0.2) is 45.8 Å². The van der Waals surface area contributed by atoms with Crippen molar-refractivity contribution in [2.75, 3.05) is 5.32 Å². The lowest BCUT2D eigenvalue weighted by atomic mass is 10.1. The summed E-state index contributed by atoms with van der Waals surface area (Å²) in [5.41, 5.74) is 2.14. The lowest BCUT2D eigenvalue weighted by molar-refractivity contribution is 0.0930. The number of hydrogen-bond acceptors (Lipinski definition) is 8. The predicted octanol–water partition coefficient (Wildman–Crippen LogP) is 3.97. The summed E-state index contributed by atoms with van der Waals surface area (Å²) in [6, 6.07) is 7.57. The smallest absolute Gasteiger partial charge is 0.273 e. The van der Waals surface area contributed by atoms with Gasteiger partial charge in [-0.1, -0.05) is 6.07 Å². The van der Waals surface area contributed by atoms with Crippen molar-refractivity contribution < 1.29 is 13.6 Å². The van der Waals surface area contributed by atoms with Crippen molar-refractivity contribution in [3.05, 3.63) is 89.4 Å². The molecule has 0 aromatic carbocycles. The van der Waals surface area contributed by atoms with E-state index in [0.29, 0.717) is 34.3 Å². The van der Waals surface area contributed by atoms with E-state index in [1.165, 1.54) is 29.3 Å². The molecule has 0 radical (unpaired) electrons. The van der Waals surface area contributed by atoms with Gasteiger partial charge < -0.3 is 10.6 Å². The molecule has 0 aliphatic heterocycles. The van der Waals surface area contributed by atoms with Gasteiger partial charge in [-0.15, -0.1) is 0 Å². The number of nitrogens with one attached hydrogen (secondary N) is 3. The molecule has 0 saturated heterocycles. The average molecular weight is 517 g/mol. The summed E-state index contributed by atoms with van der Waals surface area (Å²) in [6.45, 7) is 5.39. The highest BCUT2D eigenvalue weighted by molar-refractivity contribution is 5.93. The molecule has 13 heteroatoms. The van der Waals surface area contributed by atoms with E-state index in [2.05, 4.69) is 45.9 Å². The quantitative estimate of drug-likeness (QED) is 0.295. The minimum Gasteiger partial charge on any atom is -0.344 e. The van der Waals surface area contributed by atoms with E-state index in [1.807, 2.05) is 13.0 Å². The van der Waals surface area contributed by atoms with Crippen LogP contribution in [-0.2, 0) is 0 Å². The fraction of sp³-hybridized carbons (Fsp3) is 0.160. The van der Waals surface area contributed by atoms with Crippen molar-refractivity contribution in [2.24, 2.45) is 0 Å². The minimum atomic E-state index is -0.816. The molecule has 11 nitrogen and oxygen atoms in total. The Bertz CT molecular complexity index is 1610. The molecular formula is C25H22F2N10O. The van der Waals surface area contributed by atoms with Crippen LogP contribution < -0.4 is 10.6 Å². The zero-order valence-corrected chi connectivity index (χ0v) is 20.6. The van der Waals surface area contributed by atoms with E-state index < -0.39 is 23.6 Å². The number of aromatic amines is 1. The van der Waals surface area contributed by atoms with Gasteiger partial charge in [-0.2, -0.15) is 10.2 Å². The molecule has 192 valence electrons. The number of aryl methyl sites for hydroxylation is 2. The molecule has 1 unspecified atom stereocenters. The normalized spacial score (nSPS) is 11.8. The Kier molecular flexibility index (Phi) is 6.56. The van der Waals surface area contributed by atoms with Gasteiger partial charge in [0.15, 0.2) is 34.8 Å². The maximum Gasteiger partial charge on any atom is 0.273 e. The molecule has 3 N–H and O–H groups in total. The summed E-state index contributed by atoms with van der Waals surface area (Å²) in [4.78, 5) is 29.8. The Balaban J connectivity index is 1.29. The highest BCUT2D eigenvalue weighted by atomic mass is 19.1. The Morgan fingerprint density at radius 3 is 2.53 bits per heavy atom. The van der Waals surface area contributed by atoms with Crippen LogP contribution in [0.3, 0.4) is 0 Å². The number of carbonyl (C=O) groups is 1. The molecule has 0 fully saturated rings. The Labute approximate surface area is 215 Å². The number of carbonyl (C=O) groups excluding carboxylic acids is 1. The standard InChI is InChI=1S/C25H22F2N10O/c1-13-6-20(33-21-7-14(2)35-36-21)34-24(31-13)17-8-19(27)23(29-10-17)25(38)32-15(3)16-4-5-22(28-9-16)37-12-18(26)11-30-37/h4-12,15H,1-3H3,(H,32,38)(H2,31,33,34,35,36). The maximum absolute atomic E-state index is 15.0. The van der Waals surface area contributed by atoms with E-state index in [4.69, 9.17) is 0 Å². The number of aromatic nitrogens is 8. The van der Waals surface area contributed by atoms with E-state index in [0.717, 1.165) is 11.9 Å². The maximum atomic E-state index is 15.0. The first-order valence-corrected chi connectivity index (χ1v) is 11.5. The molecule has 1 atom stereocenters. The van der Waals surface area contributed by atoms with E-state index in [-0.39, 0.29) is 11.5 Å². The second-order valence-electron chi connectivity index (χ2n) is 8.58. The summed E-state index contributed by atoms with van der Waals surface area (Å²) < 4.78 is 29.4. The Morgan fingerprint density at radius 1 is 1.03 bits per heavy atom. The fourth-order valence-electron chi connectivity index (χ4n) is 3.67. The van der Waals surface area contributed by atoms with E-state index in [1.54, 1.807) is 32.0 Å². The summed E-state index contributed by atoms with van der Waals surface area (Å²) in [5, 5.41) is 16.6. The van der Waals surface area contributed by atoms with Crippen molar-refractivity contribution in [1.82, 2.24) is 45.2 Å². The Hall–Kier alpha value is -5.07. The zero-order chi connectivity index (χ0) is 26.8. The van der Waals surface area contributed by atoms with Crippen molar-refractivity contribution in [3.63, 3.8) is 0 Å². The van der Waals surface area contributed by atoms with Gasteiger partial charge in [0.05, 0.1) is 18.4 Å². The van der Waals surface area contributed by atoms with Crippen LogP contribution in [0.4, 0.5) is 20.4 Å². The van der Waals surface area contributed by atoms with Gasteiger partial charge in [0, 0.05) is 41.5 Å². The SMILES string of the molecule is Cc1cc(Nc2cc(C)[nH]n2)nc(-c2cnc(C(=O)NC(C)c3ccc(-n4cc(F)cn4)nc3)c(F)c2)n1. The molecule has 5 aromatic heterocycles. The topological polar surface area (TPSA) is 139 Å². The van der Waals surface area contributed by atoms with E-state index >= 15 is 0 Å². The highest BCUT2D eigenvalue weighted by Gasteiger charge is 2.19. The first-order chi connectivity index (χ1) is 18.2. The molecule has 0 spiro atoms. The predicted molar refractivity (Wildman–Crippen MR) is 134 cm³/mol. The molecule has 5 rings (SSSR count). The molecule has 5 aromatic rings. The number of rotatable bonds is 7. The van der Waals surface area contributed by atoms with Gasteiger partial charge >= 0.3 is 0 Å². The third kappa shape index (κ3) is 5.36. The van der Waals surface area contributed by atoms with Crippen LogP contribution in [0.1, 0.15) is 40.4 Å². The summed E-state index contributed by atoms with van der Waals surface area (Å²) in [7, 11) is 0. The molecule has 0 saturated carbocycles. The number of amides is 1. The van der Waals surface area contributed by atoms with Gasteiger partial charge in [-0.3, -0.25) is 9.89 Å². The number of halogens is 2. The van der Waals surface area contributed by atoms with Crippen LogP contribution in [0.15, 0.2) is 55.1 Å². The first kappa shape index (κ1) is 24.6. The van der Waals surface area contributed by atoms with Gasteiger partial charge in [0.2, 0.25) is 0 Å². The van der Waals surface area contributed by atoms with Crippen LogP contribution in [0.2, 0.25) is 0 Å². The van der Waals surface area contributed by atoms with Crippen LogP contribution in [0.25, 0.3) is 17.2 Å². The average Bonchev–Trinajstić information content (AvgIpc) is 3.51. The monoisotopic (exact) mass is 516 g/mol. The molecular weight excluding hydrogens is 494 g/mol. The van der Waals surface area contributed by atoms with Crippen molar-refractivity contribution in [3.8, 4) is 17.2 Å². The van der Waals surface area contributed by atoms with E-state index in [9.17, 15) is 13.6 Å².